The van der Waals surface area contributed by atoms with Crippen molar-refractivity contribution in [3.63, 3.8) is 0 Å². The largest absolute Gasteiger partial charge is 0.384 e. The molecule has 7 nitrogen and oxygen atoms in total. The molecule has 5 saturated heterocycles. The lowest BCUT2D eigenvalue weighted by atomic mass is 9.66. The minimum Gasteiger partial charge on any atom is -0.384 e. The quantitative estimate of drug-likeness (QED) is 0.796. The number of ether oxygens (including phenoxy) is 6. The number of aliphatic hydroxyl groups is 1. The molecule has 5 rings (SSSR count). The molecule has 5 heterocycles. The summed E-state index contributed by atoms with van der Waals surface area (Å²) in [5.74, 6) is -1.07. The molecule has 1 N–H and O–H groups in total. The van der Waals surface area contributed by atoms with Gasteiger partial charge in [0.05, 0.1) is 12.2 Å². The molecule has 1 spiro atoms. The van der Waals surface area contributed by atoms with Gasteiger partial charge >= 0.3 is 0 Å². The summed E-state index contributed by atoms with van der Waals surface area (Å²) in [7, 11) is 4.82. The van der Waals surface area contributed by atoms with Crippen LogP contribution in [0, 0.1) is 0 Å². The minimum atomic E-state index is -1.07. The first kappa shape index (κ1) is 15.3. The monoisotopic (exact) mass is 316 g/mol. The maximum atomic E-state index is 10.9. The highest BCUT2D eigenvalue weighted by Gasteiger charge is 2.90. The second kappa shape index (κ2) is 4.22. The Morgan fingerprint density at radius 1 is 1.14 bits per heavy atom. The summed E-state index contributed by atoms with van der Waals surface area (Å²) in [6.45, 7) is 3.77. The van der Waals surface area contributed by atoms with Gasteiger partial charge in [-0.3, -0.25) is 0 Å². The Hall–Kier alpha value is -0.280. The molecule has 7 heteroatoms. The molecule has 0 aromatic rings. The van der Waals surface area contributed by atoms with Gasteiger partial charge in [-0.1, -0.05) is 0 Å². The fraction of sp³-hybridized carbons (Fsp3) is 1.00. The number of methoxy groups -OCH3 is 3. The van der Waals surface area contributed by atoms with Crippen LogP contribution in [-0.2, 0) is 28.4 Å². The van der Waals surface area contributed by atoms with Gasteiger partial charge < -0.3 is 33.5 Å². The van der Waals surface area contributed by atoms with Crippen LogP contribution in [0.2, 0.25) is 0 Å². The van der Waals surface area contributed by atoms with Gasteiger partial charge in [0, 0.05) is 34.2 Å². The molecule has 5 aliphatic heterocycles. The average Bonchev–Trinajstić information content (AvgIpc) is 2.75. The van der Waals surface area contributed by atoms with E-state index in [1.165, 1.54) is 0 Å². The summed E-state index contributed by atoms with van der Waals surface area (Å²) in [5.41, 5.74) is -2.64. The van der Waals surface area contributed by atoms with E-state index in [1.54, 1.807) is 21.3 Å². The van der Waals surface area contributed by atoms with E-state index in [-0.39, 0.29) is 12.2 Å². The molecule has 0 aromatic heterocycles. The predicted molar refractivity (Wildman–Crippen MR) is 73.2 cm³/mol. The van der Waals surface area contributed by atoms with E-state index in [1.807, 2.05) is 13.8 Å². The lowest BCUT2D eigenvalue weighted by Gasteiger charge is -2.57. The summed E-state index contributed by atoms with van der Waals surface area (Å²) >= 11 is 0. The summed E-state index contributed by atoms with van der Waals surface area (Å²) in [5, 5.41) is 10.9. The summed E-state index contributed by atoms with van der Waals surface area (Å²) in [4.78, 5) is 0. The SMILES string of the molecule is CO[C@H]1C[C@@]2(OC)[C@@H]3C[C@]4(OC)O[C@@]2([C@H](C)O1)[C@](C)(O3)[C@H]4O. The van der Waals surface area contributed by atoms with Crippen molar-refractivity contribution in [2.24, 2.45) is 0 Å². The lowest BCUT2D eigenvalue weighted by Crippen LogP contribution is -2.74. The van der Waals surface area contributed by atoms with Crippen LogP contribution < -0.4 is 0 Å². The first-order chi connectivity index (χ1) is 10.4. The smallest absolute Gasteiger partial charge is 0.200 e. The van der Waals surface area contributed by atoms with Crippen LogP contribution in [0.5, 0.6) is 0 Å². The summed E-state index contributed by atoms with van der Waals surface area (Å²) in [6, 6.07) is 0. The van der Waals surface area contributed by atoms with Crippen molar-refractivity contribution in [1.29, 1.82) is 0 Å². The maximum absolute atomic E-state index is 10.9. The highest BCUT2D eigenvalue weighted by atomic mass is 16.8. The topological polar surface area (TPSA) is 75.6 Å². The number of hydrogen-bond donors (Lipinski definition) is 1. The van der Waals surface area contributed by atoms with Crippen LogP contribution >= 0.6 is 0 Å². The molecular formula is C15H24O7. The van der Waals surface area contributed by atoms with Crippen LogP contribution in [0.3, 0.4) is 0 Å². The van der Waals surface area contributed by atoms with Crippen LogP contribution in [0.25, 0.3) is 0 Å². The summed E-state index contributed by atoms with van der Waals surface area (Å²) in [6.07, 6.45) is -1.04. The average molecular weight is 316 g/mol. The summed E-state index contributed by atoms with van der Waals surface area (Å²) < 4.78 is 35.6. The zero-order valence-corrected chi connectivity index (χ0v) is 13.6. The molecule has 126 valence electrons. The predicted octanol–water partition coefficient (Wildman–Crippen LogP) is 0.187. The van der Waals surface area contributed by atoms with Crippen molar-refractivity contribution in [1.82, 2.24) is 0 Å². The zero-order chi connectivity index (χ0) is 16.0. The van der Waals surface area contributed by atoms with Crippen LogP contribution in [0.4, 0.5) is 0 Å². The molecule has 8 atom stereocenters. The molecule has 5 aliphatic rings. The van der Waals surface area contributed by atoms with Gasteiger partial charge in [-0.25, -0.2) is 0 Å². The Morgan fingerprint density at radius 2 is 1.86 bits per heavy atom. The molecule has 0 aromatic carbocycles. The van der Waals surface area contributed by atoms with E-state index < -0.39 is 35.0 Å². The van der Waals surface area contributed by atoms with Crippen molar-refractivity contribution >= 4 is 0 Å². The molecule has 0 aliphatic carbocycles. The van der Waals surface area contributed by atoms with E-state index in [0.717, 1.165) is 0 Å². The molecule has 0 amide bonds. The van der Waals surface area contributed by atoms with Crippen molar-refractivity contribution in [3.05, 3.63) is 0 Å². The van der Waals surface area contributed by atoms with E-state index in [0.29, 0.717) is 12.8 Å². The maximum Gasteiger partial charge on any atom is 0.200 e. The molecular weight excluding hydrogens is 292 g/mol. The van der Waals surface area contributed by atoms with Crippen LogP contribution in [0.15, 0.2) is 0 Å². The van der Waals surface area contributed by atoms with E-state index in [2.05, 4.69) is 0 Å². The normalized spacial score (nSPS) is 62.5. The molecule has 0 saturated carbocycles. The Kier molecular flexibility index (Phi) is 2.92. The Bertz CT molecular complexity index is 500. The van der Waals surface area contributed by atoms with Gasteiger partial charge in [0.1, 0.15) is 17.3 Å². The van der Waals surface area contributed by atoms with Crippen molar-refractivity contribution < 1.29 is 33.5 Å². The fourth-order valence-corrected chi connectivity index (χ4v) is 5.43. The van der Waals surface area contributed by atoms with Crippen molar-refractivity contribution in [3.8, 4) is 0 Å². The minimum absolute atomic E-state index is 0.247. The van der Waals surface area contributed by atoms with E-state index in [9.17, 15) is 5.11 Å². The first-order valence-corrected chi connectivity index (χ1v) is 7.70. The highest BCUT2D eigenvalue weighted by Crippen LogP contribution is 2.70. The third kappa shape index (κ3) is 1.24. The van der Waals surface area contributed by atoms with Gasteiger partial charge in [-0.05, 0) is 13.8 Å². The first-order valence-electron chi connectivity index (χ1n) is 7.70. The molecule has 0 radical (unpaired) electrons. The zero-order valence-electron chi connectivity index (χ0n) is 13.6. The Labute approximate surface area is 129 Å². The van der Waals surface area contributed by atoms with Gasteiger partial charge in [0.2, 0.25) is 5.79 Å². The number of rotatable bonds is 3. The van der Waals surface area contributed by atoms with Gasteiger partial charge in [-0.2, -0.15) is 0 Å². The Balaban J connectivity index is 1.91. The van der Waals surface area contributed by atoms with Crippen molar-refractivity contribution in [2.45, 2.75) is 73.9 Å². The van der Waals surface area contributed by atoms with Crippen molar-refractivity contribution in [2.75, 3.05) is 21.3 Å². The molecule has 4 bridgehead atoms. The number of aliphatic hydroxyl groups excluding tert-OH is 1. The highest BCUT2D eigenvalue weighted by molar-refractivity contribution is 5.36. The molecule has 22 heavy (non-hydrogen) atoms. The van der Waals surface area contributed by atoms with Gasteiger partial charge in [0.25, 0.3) is 0 Å². The second-order valence-corrected chi connectivity index (χ2v) is 6.92. The van der Waals surface area contributed by atoms with Gasteiger partial charge in [0.15, 0.2) is 11.9 Å². The lowest BCUT2D eigenvalue weighted by molar-refractivity contribution is -0.389. The third-order valence-electron chi connectivity index (χ3n) is 6.39. The molecule has 5 fully saturated rings. The Morgan fingerprint density at radius 3 is 2.45 bits per heavy atom. The van der Waals surface area contributed by atoms with Crippen LogP contribution in [-0.4, -0.2) is 73.6 Å². The standard InChI is InChI=1S/C15H24O7/c1-8-15-12(2)11(16)14(19-5,22-15)6-9(21-12)13(15,18-4)7-10(17-3)20-8/h8-11,16H,6-7H2,1-5H3/t8-,9-,10+,11+,12+,13+,14-,15-/m0/s1. The fourth-order valence-electron chi connectivity index (χ4n) is 5.43. The van der Waals surface area contributed by atoms with E-state index in [4.69, 9.17) is 28.4 Å². The van der Waals surface area contributed by atoms with Crippen LogP contribution in [0.1, 0.15) is 26.7 Å². The van der Waals surface area contributed by atoms with Gasteiger partial charge in [-0.15, -0.1) is 0 Å². The second-order valence-electron chi connectivity index (χ2n) is 6.92. The third-order valence-corrected chi connectivity index (χ3v) is 6.39. The molecule has 0 unspecified atom stereocenters. The van der Waals surface area contributed by atoms with E-state index >= 15 is 0 Å². The number of hydrogen-bond acceptors (Lipinski definition) is 7.